The molecule has 140 valence electrons. The maximum absolute atomic E-state index is 12.4. The second kappa shape index (κ2) is 8.81. The molecule has 0 spiro atoms. The molecule has 0 aliphatic rings. The Balaban J connectivity index is 2.94. The summed E-state index contributed by atoms with van der Waals surface area (Å²) in [6, 6.07) is 1.97. The third-order valence-electron chi connectivity index (χ3n) is 3.06. The Kier molecular flexibility index (Phi) is 7.63. The Bertz CT molecular complexity index is 752. The number of likely N-dealkylation sites (N-methyl/N-ethyl adjacent to an activating group) is 1. The predicted molar refractivity (Wildman–Crippen MR) is 91.9 cm³/mol. The fourth-order valence-electron chi connectivity index (χ4n) is 1.57. The van der Waals surface area contributed by atoms with Gasteiger partial charge in [-0.25, -0.2) is 8.42 Å². The molecule has 25 heavy (non-hydrogen) atoms. The molecule has 0 aliphatic heterocycles. The van der Waals surface area contributed by atoms with Gasteiger partial charge in [-0.2, -0.15) is 4.72 Å². The number of rotatable bonds is 7. The summed E-state index contributed by atoms with van der Waals surface area (Å²) < 4.78 is 31.5. The van der Waals surface area contributed by atoms with Crippen LogP contribution in [-0.2, 0) is 24.3 Å². The molecule has 0 radical (unpaired) electrons. The van der Waals surface area contributed by atoms with Crippen LogP contribution in [0.5, 0.6) is 0 Å². The van der Waals surface area contributed by atoms with E-state index in [2.05, 4.69) is 0 Å². The zero-order valence-electron chi connectivity index (χ0n) is 13.7. The summed E-state index contributed by atoms with van der Waals surface area (Å²) in [5, 5.41) is 9.87. The summed E-state index contributed by atoms with van der Waals surface area (Å²) in [6.45, 7) is 0.626. The average molecular weight is 413 g/mol. The number of benzene rings is 1. The number of esters is 1. The summed E-state index contributed by atoms with van der Waals surface area (Å²) in [5.41, 5.74) is 0. The quantitative estimate of drug-likeness (QED) is 0.635. The monoisotopic (exact) mass is 412 g/mol. The number of carbonyl (C=O) groups excluding carboxylic acids is 2. The summed E-state index contributed by atoms with van der Waals surface area (Å²) in [4.78, 5) is 24.4. The molecule has 0 saturated heterocycles. The van der Waals surface area contributed by atoms with Crippen molar-refractivity contribution in [1.29, 1.82) is 0 Å². The lowest BCUT2D eigenvalue weighted by Gasteiger charge is -2.20. The molecular weight excluding hydrogens is 395 g/mol. The zero-order valence-corrected chi connectivity index (χ0v) is 16.0. The van der Waals surface area contributed by atoms with Gasteiger partial charge >= 0.3 is 5.97 Å². The molecule has 2 atom stereocenters. The summed E-state index contributed by atoms with van der Waals surface area (Å²) in [7, 11) is -1.26. The first-order valence-electron chi connectivity index (χ1n) is 6.98. The van der Waals surface area contributed by atoms with Crippen molar-refractivity contribution in [1.82, 2.24) is 9.62 Å². The Morgan fingerprint density at radius 1 is 1.28 bits per heavy atom. The van der Waals surface area contributed by atoms with E-state index in [0.717, 1.165) is 6.07 Å². The number of hydrogen-bond donors (Lipinski definition) is 2. The Morgan fingerprint density at radius 2 is 1.88 bits per heavy atom. The smallest absolute Gasteiger partial charge is 0.327 e. The molecule has 11 heteroatoms. The minimum Gasteiger partial charge on any atom is -0.454 e. The fourth-order valence-corrected chi connectivity index (χ4v) is 3.22. The highest BCUT2D eigenvalue weighted by Gasteiger charge is 2.31. The van der Waals surface area contributed by atoms with Crippen LogP contribution in [0.25, 0.3) is 0 Å². The van der Waals surface area contributed by atoms with Gasteiger partial charge in [0.1, 0.15) is 6.04 Å². The van der Waals surface area contributed by atoms with Crippen molar-refractivity contribution in [2.75, 3.05) is 20.7 Å². The maximum atomic E-state index is 12.4. The number of halogens is 2. The van der Waals surface area contributed by atoms with Crippen LogP contribution in [0.2, 0.25) is 10.0 Å². The number of nitrogens with one attached hydrogen (secondary N) is 1. The molecule has 0 aliphatic carbocycles. The van der Waals surface area contributed by atoms with Crippen molar-refractivity contribution in [2.24, 2.45) is 0 Å². The molecule has 0 aromatic heterocycles. The number of nitrogens with zero attached hydrogens (tertiary/aromatic N) is 1. The zero-order chi connectivity index (χ0) is 19.4. The van der Waals surface area contributed by atoms with E-state index in [-0.39, 0.29) is 14.9 Å². The third kappa shape index (κ3) is 6.12. The topological polar surface area (TPSA) is 113 Å². The first kappa shape index (κ1) is 21.7. The molecule has 1 aromatic rings. The lowest BCUT2D eigenvalue weighted by Crippen LogP contribution is -2.49. The van der Waals surface area contributed by atoms with Crippen molar-refractivity contribution in [3.05, 3.63) is 28.2 Å². The first-order chi connectivity index (χ1) is 11.5. The number of carbonyl (C=O) groups is 2. The lowest BCUT2D eigenvalue weighted by atomic mass is 10.2. The van der Waals surface area contributed by atoms with Crippen LogP contribution in [-0.4, -0.2) is 63.1 Å². The van der Waals surface area contributed by atoms with Crippen molar-refractivity contribution in [2.45, 2.75) is 24.0 Å². The van der Waals surface area contributed by atoms with Gasteiger partial charge in [-0.15, -0.1) is 0 Å². The Morgan fingerprint density at radius 3 is 2.36 bits per heavy atom. The van der Waals surface area contributed by atoms with E-state index in [9.17, 15) is 23.1 Å². The van der Waals surface area contributed by atoms with Crippen molar-refractivity contribution in [3.63, 3.8) is 0 Å². The minimum atomic E-state index is -4.19. The van der Waals surface area contributed by atoms with Gasteiger partial charge in [-0.3, -0.25) is 9.59 Å². The molecule has 1 amide bonds. The number of hydrogen-bond acceptors (Lipinski definition) is 6. The number of aliphatic hydroxyl groups is 1. The van der Waals surface area contributed by atoms with Gasteiger partial charge in [0.05, 0.1) is 21.0 Å². The van der Waals surface area contributed by atoms with Crippen LogP contribution in [0.3, 0.4) is 0 Å². The highest BCUT2D eigenvalue weighted by atomic mass is 35.5. The van der Waals surface area contributed by atoms with Gasteiger partial charge in [0.15, 0.2) is 6.61 Å². The average Bonchev–Trinajstić information content (AvgIpc) is 2.52. The van der Waals surface area contributed by atoms with Crippen molar-refractivity contribution < 1.29 is 27.9 Å². The second-order valence-corrected chi connectivity index (χ2v) is 7.84. The normalized spacial score (nSPS) is 13.8. The predicted octanol–water partition coefficient (Wildman–Crippen LogP) is 0.652. The van der Waals surface area contributed by atoms with Crippen molar-refractivity contribution >= 4 is 45.1 Å². The molecule has 0 fully saturated rings. The first-order valence-corrected chi connectivity index (χ1v) is 9.22. The lowest BCUT2D eigenvalue weighted by molar-refractivity contribution is -0.154. The van der Waals surface area contributed by atoms with Crippen molar-refractivity contribution in [3.8, 4) is 0 Å². The molecular formula is C14H18Cl2N2O6S. The summed E-state index contributed by atoms with van der Waals surface area (Å²) in [5.74, 6) is -1.58. The van der Waals surface area contributed by atoms with Gasteiger partial charge in [-0.05, 0) is 25.1 Å². The van der Waals surface area contributed by atoms with Crippen LogP contribution in [0.4, 0.5) is 0 Å². The van der Waals surface area contributed by atoms with E-state index >= 15 is 0 Å². The molecule has 1 rings (SSSR count). The maximum Gasteiger partial charge on any atom is 0.327 e. The molecule has 0 unspecified atom stereocenters. The number of amides is 1. The van der Waals surface area contributed by atoms with Gasteiger partial charge in [0.2, 0.25) is 10.0 Å². The van der Waals surface area contributed by atoms with Gasteiger partial charge in [0.25, 0.3) is 5.91 Å². The summed E-state index contributed by atoms with van der Waals surface area (Å²) >= 11 is 11.5. The molecule has 1 aromatic carbocycles. The largest absolute Gasteiger partial charge is 0.454 e. The number of ether oxygens (including phenoxy) is 1. The van der Waals surface area contributed by atoms with Crippen LogP contribution in [0.1, 0.15) is 6.92 Å². The third-order valence-corrected chi connectivity index (χ3v) is 5.23. The highest BCUT2D eigenvalue weighted by molar-refractivity contribution is 7.89. The van der Waals surface area contributed by atoms with E-state index in [0.29, 0.717) is 0 Å². The van der Waals surface area contributed by atoms with Gasteiger partial charge < -0.3 is 14.7 Å². The van der Waals surface area contributed by atoms with E-state index < -0.39 is 40.7 Å². The number of sulfonamides is 1. The minimum absolute atomic E-state index is 0.0114. The summed E-state index contributed by atoms with van der Waals surface area (Å²) in [6.07, 6.45) is -1.40. The van der Waals surface area contributed by atoms with Crippen LogP contribution in [0, 0.1) is 0 Å². The molecule has 0 saturated carbocycles. The van der Waals surface area contributed by atoms with Crippen LogP contribution < -0.4 is 4.72 Å². The van der Waals surface area contributed by atoms with Crippen LogP contribution in [0.15, 0.2) is 23.1 Å². The molecule has 0 bridgehead atoms. The van der Waals surface area contributed by atoms with E-state index in [1.165, 1.54) is 38.1 Å². The molecule has 0 heterocycles. The Hall–Kier alpha value is -1.39. The van der Waals surface area contributed by atoms with Crippen LogP contribution >= 0.6 is 23.2 Å². The molecule has 8 nitrogen and oxygen atoms in total. The van der Waals surface area contributed by atoms with E-state index in [1.54, 1.807) is 0 Å². The fraction of sp³-hybridized carbons (Fsp3) is 0.429. The highest BCUT2D eigenvalue weighted by Crippen LogP contribution is 2.25. The number of aliphatic hydroxyl groups excluding tert-OH is 1. The van der Waals surface area contributed by atoms with Gasteiger partial charge in [-0.1, -0.05) is 23.2 Å². The molecule has 2 N–H and O–H groups in total. The van der Waals surface area contributed by atoms with Gasteiger partial charge in [0, 0.05) is 14.1 Å². The van der Waals surface area contributed by atoms with E-state index in [1.807, 2.05) is 4.72 Å². The van der Waals surface area contributed by atoms with E-state index in [4.69, 9.17) is 27.9 Å². The standard InChI is InChI=1S/C14H18Cl2N2O6S/c1-8(19)13(14(21)24-7-12(20)18(2)3)17-25(22,23)9-4-5-10(15)11(16)6-9/h4-6,8,13,17,19H,7H2,1-3H3/t8-,13+/m1/s1. The Labute approximate surface area is 155 Å². The second-order valence-electron chi connectivity index (χ2n) is 5.31. The SMILES string of the molecule is C[C@@H](O)[C@H](NS(=O)(=O)c1ccc(Cl)c(Cl)c1)C(=O)OCC(=O)N(C)C.